The summed E-state index contributed by atoms with van der Waals surface area (Å²) in [5.41, 5.74) is 3.13. The highest BCUT2D eigenvalue weighted by atomic mass is 16.5. The molecule has 1 N–H and O–H groups in total. The summed E-state index contributed by atoms with van der Waals surface area (Å²) in [5.74, 6) is 1.38. The van der Waals surface area contributed by atoms with E-state index in [-0.39, 0.29) is 11.5 Å². The van der Waals surface area contributed by atoms with Gasteiger partial charge in [0.05, 0.1) is 12.7 Å². The summed E-state index contributed by atoms with van der Waals surface area (Å²) in [6, 6.07) is 29.6. The molecular formula is C30H26O5. The summed E-state index contributed by atoms with van der Waals surface area (Å²) in [5, 5.41) is 9.66. The topological polar surface area (TPSA) is 65.0 Å². The van der Waals surface area contributed by atoms with Crippen LogP contribution >= 0.6 is 0 Å². The molecule has 0 saturated carbocycles. The molecule has 0 aliphatic heterocycles. The minimum Gasteiger partial charge on any atom is -0.508 e. The van der Waals surface area contributed by atoms with Crippen molar-refractivity contribution in [2.75, 3.05) is 7.11 Å². The highest BCUT2D eigenvalue weighted by Gasteiger charge is 2.13. The van der Waals surface area contributed by atoms with Crippen LogP contribution < -0.4 is 14.2 Å². The molecule has 176 valence electrons. The first-order valence-corrected chi connectivity index (χ1v) is 11.2. The number of hydrogen-bond donors (Lipinski definition) is 1. The molecule has 0 radical (unpaired) electrons. The number of ether oxygens (including phenoxy) is 3. The second kappa shape index (κ2) is 11.6. The van der Waals surface area contributed by atoms with E-state index in [0.717, 1.165) is 11.1 Å². The van der Waals surface area contributed by atoms with Gasteiger partial charge in [-0.3, -0.25) is 4.79 Å². The molecule has 5 heteroatoms. The maximum atomic E-state index is 13.1. The summed E-state index contributed by atoms with van der Waals surface area (Å²) < 4.78 is 17.3. The lowest BCUT2D eigenvalue weighted by Crippen LogP contribution is -2.04. The molecule has 0 fully saturated rings. The lowest BCUT2D eigenvalue weighted by Gasteiger charge is -2.13. The van der Waals surface area contributed by atoms with Gasteiger partial charge in [0.15, 0.2) is 5.78 Å². The first-order chi connectivity index (χ1) is 17.1. The number of hydrogen-bond acceptors (Lipinski definition) is 5. The van der Waals surface area contributed by atoms with Crippen molar-refractivity contribution in [2.24, 2.45) is 0 Å². The van der Waals surface area contributed by atoms with Crippen LogP contribution in [0.15, 0.2) is 103 Å². The van der Waals surface area contributed by atoms with E-state index in [4.69, 9.17) is 14.2 Å². The Kier molecular flexibility index (Phi) is 7.81. The third-order valence-electron chi connectivity index (χ3n) is 5.34. The smallest absolute Gasteiger partial charge is 0.189 e. The Morgan fingerprint density at radius 2 is 1.43 bits per heavy atom. The zero-order valence-corrected chi connectivity index (χ0v) is 19.4. The lowest BCUT2D eigenvalue weighted by atomic mass is 10.1. The SMILES string of the molecule is COc1cc(O)ccc1C=CC(=O)c1ccc(OCc2ccccc2)cc1OCc1ccccc1. The van der Waals surface area contributed by atoms with Crippen LogP contribution in [0.25, 0.3) is 6.08 Å². The van der Waals surface area contributed by atoms with Crippen LogP contribution in [-0.4, -0.2) is 18.0 Å². The largest absolute Gasteiger partial charge is 0.508 e. The number of ketones is 1. The van der Waals surface area contributed by atoms with Gasteiger partial charge in [-0.2, -0.15) is 0 Å². The van der Waals surface area contributed by atoms with Crippen LogP contribution in [0, 0.1) is 0 Å². The summed E-state index contributed by atoms with van der Waals surface area (Å²) in [6.45, 7) is 0.728. The number of carbonyl (C=O) groups excluding carboxylic acids is 1. The molecule has 4 aromatic carbocycles. The second-order valence-corrected chi connectivity index (χ2v) is 7.83. The second-order valence-electron chi connectivity index (χ2n) is 7.83. The zero-order valence-electron chi connectivity index (χ0n) is 19.4. The highest BCUT2D eigenvalue weighted by molar-refractivity contribution is 6.08. The van der Waals surface area contributed by atoms with Crippen LogP contribution in [0.3, 0.4) is 0 Å². The number of allylic oxidation sites excluding steroid dienone is 1. The monoisotopic (exact) mass is 466 g/mol. The summed E-state index contributed by atoms with van der Waals surface area (Å²) in [4.78, 5) is 13.1. The third kappa shape index (κ3) is 6.51. The number of benzene rings is 4. The number of phenolic OH excluding ortho intramolecular Hbond substituents is 1. The Balaban J connectivity index is 1.56. The Labute approximate surface area is 204 Å². The van der Waals surface area contributed by atoms with Crippen LogP contribution in [0.1, 0.15) is 27.0 Å². The van der Waals surface area contributed by atoms with Crippen LogP contribution in [0.5, 0.6) is 23.0 Å². The van der Waals surface area contributed by atoms with Gasteiger partial charge in [-0.25, -0.2) is 0 Å². The van der Waals surface area contributed by atoms with Crippen molar-refractivity contribution in [1.29, 1.82) is 0 Å². The standard InChI is InChI=1S/C30H26O5/c1-33-29-18-25(31)14-12-24(29)13-17-28(32)27-16-15-26(34-20-22-8-4-2-5-9-22)19-30(27)35-21-23-10-6-3-7-11-23/h2-19,31H,20-21H2,1H3. The predicted molar refractivity (Wildman–Crippen MR) is 136 cm³/mol. The van der Waals surface area contributed by atoms with Crippen molar-refractivity contribution in [2.45, 2.75) is 13.2 Å². The van der Waals surface area contributed by atoms with Gasteiger partial charge in [0.25, 0.3) is 0 Å². The van der Waals surface area contributed by atoms with E-state index in [1.807, 2.05) is 60.7 Å². The molecule has 35 heavy (non-hydrogen) atoms. The Morgan fingerprint density at radius 3 is 2.09 bits per heavy atom. The van der Waals surface area contributed by atoms with Gasteiger partial charge < -0.3 is 19.3 Å². The fraction of sp³-hybridized carbons (Fsp3) is 0.100. The van der Waals surface area contributed by atoms with Crippen molar-refractivity contribution in [3.63, 3.8) is 0 Å². The van der Waals surface area contributed by atoms with E-state index in [2.05, 4.69) is 0 Å². The first-order valence-electron chi connectivity index (χ1n) is 11.2. The van der Waals surface area contributed by atoms with E-state index >= 15 is 0 Å². The van der Waals surface area contributed by atoms with Crippen molar-refractivity contribution >= 4 is 11.9 Å². The Bertz CT molecular complexity index is 1300. The van der Waals surface area contributed by atoms with Crippen molar-refractivity contribution in [3.05, 3.63) is 125 Å². The molecular weight excluding hydrogens is 440 g/mol. The Hall–Kier alpha value is -4.51. The van der Waals surface area contributed by atoms with Crippen LogP contribution in [0.2, 0.25) is 0 Å². The van der Waals surface area contributed by atoms with Gasteiger partial charge in [0.1, 0.15) is 36.2 Å². The normalized spacial score (nSPS) is 10.8. The predicted octanol–water partition coefficient (Wildman–Crippen LogP) is 6.45. The van der Waals surface area contributed by atoms with E-state index < -0.39 is 0 Å². The van der Waals surface area contributed by atoms with E-state index in [9.17, 15) is 9.90 Å². The molecule has 0 aliphatic rings. The lowest BCUT2D eigenvalue weighted by molar-refractivity contribution is 0.104. The van der Waals surface area contributed by atoms with Gasteiger partial charge in [0.2, 0.25) is 0 Å². The maximum Gasteiger partial charge on any atom is 0.189 e. The van der Waals surface area contributed by atoms with Crippen molar-refractivity contribution in [3.8, 4) is 23.0 Å². The fourth-order valence-electron chi connectivity index (χ4n) is 3.48. The van der Waals surface area contributed by atoms with E-state index in [1.165, 1.54) is 19.3 Å². The molecule has 0 atom stereocenters. The summed E-state index contributed by atoms with van der Waals surface area (Å²) in [7, 11) is 1.51. The summed E-state index contributed by atoms with van der Waals surface area (Å²) in [6.07, 6.45) is 3.12. The molecule has 0 aliphatic carbocycles. The number of phenols is 1. The molecule has 4 rings (SSSR count). The van der Waals surface area contributed by atoms with Gasteiger partial charge in [0, 0.05) is 17.7 Å². The average molecular weight is 467 g/mol. The minimum atomic E-state index is -0.224. The van der Waals surface area contributed by atoms with Gasteiger partial charge in [-0.15, -0.1) is 0 Å². The molecule has 0 spiro atoms. The van der Waals surface area contributed by atoms with Crippen molar-refractivity contribution in [1.82, 2.24) is 0 Å². The van der Waals surface area contributed by atoms with Gasteiger partial charge in [-0.1, -0.05) is 60.7 Å². The van der Waals surface area contributed by atoms with Crippen LogP contribution in [-0.2, 0) is 13.2 Å². The average Bonchev–Trinajstić information content (AvgIpc) is 2.91. The van der Waals surface area contributed by atoms with Gasteiger partial charge in [-0.05, 0) is 47.5 Å². The third-order valence-corrected chi connectivity index (χ3v) is 5.34. The zero-order chi connectivity index (χ0) is 24.5. The molecule has 0 heterocycles. The first kappa shape index (κ1) is 23.6. The van der Waals surface area contributed by atoms with E-state index in [1.54, 1.807) is 36.4 Å². The number of carbonyl (C=O) groups is 1. The molecule has 0 aromatic heterocycles. The molecule has 0 amide bonds. The van der Waals surface area contributed by atoms with Crippen LogP contribution in [0.4, 0.5) is 0 Å². The highest BCUT2D eigenvalue weighted by Crippen LogP contribution is 2.29. The summed E-state index contributed by atoms with van der Waals surface area (Å²) >= 11 is 0. The number of aromatic hydroxyl groups is 1. The molecule has 4 aromatic rings. The fourth-order valence-corrected chi connectivity index (χ4v) is 3.48. The Morgan fingerprint density at radius 1 is 0.771 bits per heavy atom. The molecule has 5 nitrogen and oxygen atoms in total. The minimum absolute atomic E-state index is 0.0908. The van der Waals surface area contributed by atoms with Gasteiger partial charge >= 0.3 is 0 Å². The maximum absolute atomic E-state index is 13.1. The van der Waals surface area contributed by atoms with E-state index in [0.29, 0.717) is 41.6 Å². The number of rotatable bonds is 10. The number of methoxy groups -OCH3 is 1. The quantitative estimate of drug-likeness (QED) is 0.215. The molecule has 0 bridgehead atoms. The van der Waals surface area contributed by atoms with Crippen molar-refractivity contribution < 1.29 is 24.1 Å². The molecule has 0 saturated heterocycles. The molecule has 0 unspecified atom stereocenters.